The maximum atomic E-state index is 13.8. The number of amides is 2. The molecule has 2 aromatic rings. The van der Waals surface area contributed by atoms with Crippen molar-refractivity contribution in [2.45, 2.75) is 45.8 Å². The molecule has 0 fully saturated rings. The molecule has 10 nitrogen and oxygen atoms in total. The van der Waals surface area contributed by atoms with E-state index in [1.54, 1.807) is 44.4 Å². The van der Waals surface area contributed by atoms with Crippen molar-refractivity contribution in [2.75, 3.05) is 38.4 Å². The Bertz CT molecular complexity index is 1170. The molecule has 0 saturated heterocycles. The lowest BCUT2D eigenvalue weighted by atomic mass is 10.1. The second kappa shape index (κ2) is 13.2. The number of ether oxygens (including phenoxy) is 3. The van der Waals surface area contributed by atoms with Crippen LogP contribution in [0.4, 0.5) is 5.69 Å². The van der Waals surface area contributed by atoms with Gasteiger partial charge in [-0.1, -0.05) is 19.1 Å². The van der Waals surface area contributed by atoms with Crippen molar-refractivity contribution < 1.29 is 32.2 Å². The Balaban J connectivity index is 2.50. The van der Waals surface area contributed by atoms with Crippen molar-refractivity contribution in [3.63, 3.8) is 0 Å². The van der Waals surface area contributed by atoms with Crippen molar-refractivity contribution in [1.29, 1.82) is 0 Å². The Hall–Kier alpha value is -3.47. The highest BCUT2D eigenvalue weighted by Crippen LogP contribution is 2.33. The van der Waals surface area contributed by atoms with E-state index in [1.807, 2.05) is 13.8 Å². The van der Waals surface area contributed by atoms with Crippen LogP contribution in [-0.4, -0.2) is 71.3 Å². The van der Waals surface area contributed by atoms with E-state index in [4.69, 9.17) is 14.2 Å². The summed E-state index contributed by atoms with van der Waals surface area (Å²) in [5.74, 6) is 0.500. The predicted molar refractivity (Wildman–Crippen MR) is 143 cm³/mol. The minimum absolute atomic E-state index is 0.101. The maximum Gasteiger partial charge on any atom is 0.244 e. The number of nitrogens with one attached hydrogen (secondary N) is 1. The highest BCUT2D eigenvalue weighted by molar-refractivity contribution is 7.92. The summed E-state index contributed by atoms with van der Waals surface area (Å²) in [5, 5.41) is 2.86. The lowest BCUT2D eigenvalue weighted by Gasteiger charge is -2.33. The molecule has 11 heteroatoms. The molecule has 2 aromatic carbocycles. The van der Waals surface area contributed by atoms with Gasteiger partial charge in [0.1, 0.15) is 29.8 Å². The number of carbonyl (C=O) groups excluding carboxylic acids is 2. The number of nitrogens with zero attached hydrogens (tertiary/aromatic N) is 2. The van der Waals surface area contributed by atoms with Crippen molar-refractivity contribution in [3.05, 3.63) is 48.0 Å². The molecule has 0 saturated carbocycles. The second-order valence-corrected chi connectivity index (χ2v) is 10.7. The number of anilines is 1. The molecule has 0 aliphatic rings. The molecule has 0 bridgehead atoms. The summed E-state index contributed by atoms with van der Waals surface area (Å²) in [5.41, 5.74) is 0.945. The number of hydrogen-bond donors (Lipinski definition) is 1. The molecule has 1 atom stereocenters. The average molecular weight is 536 g/mol. The zero-order valence-electron chi connectivity index (χ0n) is 22.5. The molecule has 1 N–H and O–H groups in total. The van der Waals surface area contributed by atoms with E-state index in [2.05, 4.69) is 5.32 Å². The van der Waals surface area contributed by atoms with Crippen LogP contribution >= 0.6 is 0 Å². The van der Waals surface area contributed by atoms with E-state index in [0.29, 0.717) is 17.9 Å². The van der Waals surface area contributed by atoms with E-state index >= 15 is 0 Å². The summed E-state index contributed by atoms with van der Waals surface area (Å²) in [4.78, 5) is 28.2. The average Bonchev–Trinajstić information content (AvgIpc) is 2.85. The maximum absolute atomic E-state index is 13.8. The summed E-state index contributed by atoms with van der Waals surface area (Å²) in [7, 11) is 0.538. The molecule has 2 amide bonds. The van der Waals surface area contributed by atoms with Crippen molar-refractivity contribution in [2.24, 2.45) is 0 Å². The van der Waals surface area contributed by atoms with Crippen LogP contribution in [0.1, 0.15) is 32.8 Å². The fourth-order valence-electron chi connectivity index (χ4n) is 3.81. The molecule has 0 heterocycles. The third-order valence-electron chi connectivity index (χ3n) is 5.66. The number of carbonyl (C=O) groups is 2. The summed E-state index contributed by atoms with van der Waals surface area (Å²) >= 11 is 0. The van der Waals surface area contributed by atoms with Crippen molar-refractivity contribution >= 4 is 27.5 Å². The van der Waals surface area contributed by atoms with Gasteiger partial charge in [-0.3, -0.25) is 13.9 Å². The lowest BCUT2D eigenvalue weighted by Crippen LogP contribution is -2.53. The van der Waals surface area contributed by atoms with Crippen LogP contribution in [0.25, 0.3) is 0 Å². The van der Waals surface area contributed by atoms with Gasteiger partial charge in [-0.05, 0) is 50.1 Å². The molecule has 0 aromatic heterocycles. The number of methoxy groups -OCH3 is 3. The standard InChI is InChI=1S/C26H37N3O7S/c1-8-22(26(31)27-18(2)3)28(16-19-9-11-20(34-4)12-10-19)25(30)17-29(37(7,32)33)23-14-13-21(35-5)15-24(23)36-6/h9-15,18,22H,8,16-17H2,1-7H3,(H,27,31)/t22-/m1/s1. The smallest absolute Gasteiger partial charge is 0.244 e. The van der Waals surface area contributed by atoms with Gasteiger partial charge in [0.15, 0.2) is 0 Å². The van der Waals surface area contributed by atoms with Gasteiger partial charge in [-0.25, -0.2) is 8.42 Å². The second-order valence-electron chi connectivity index (χ2n) is 8.76. The van der Waals surface area contributed by atoms with Crippen LogP contribution < -0.4 is 23.8 Å². The topological polar surface area (TPSA) is 114 Å². The Morgan fingerprint density at radius 3 is 2.03 bits per heavy atom. The summed E-state index contributed by atoms with van der Waals surface area (Å²) in [6, 6.07) is 10.8. The summed E-state index contributed by atoms with van der Waals surface area (Å²) < 4.78 is 42.4. The third-order valence-corrected chi connectivity index (χ3v) is 6.79. The normalized spacial score (nSPS) is 12.0. The van der Waals surface area contributed by atoms with Gasteiger partial charge in [0.2, 0.25) is 21.8 Å². The Morgan fingerprint density at radius 2 is 1.54 bits per heavy atom. The predicted octanol–water partition coefficient (Wildman–Crippen LogP) is 2.81. The Kier molecular flexibility index (Phi) is 10.6. The molecule has 0 aliphatic carbocycles. The van der Waals surface area contributed by atoms with Gasteiger partial charge >= 0.3 is 0 Å². The van der Waals surface area contributed by atoms with E-state index in [-0.39, 0.29) is 29.9 Å². The van der Waals surface area contributed by atoms with E-state index in [9.17, 15) is 18.0 Å². The Morgan fingerprint density at radius 1 is 0.946 bits per heavy atom. The van der Waals surface area contributed by atoms with Gasteiger partial charge in [-0.15, -0.1) is 0 Å². The molecular weight excluding hydrogens is 498 g/mol. The Labute approximate surface area is 219 Å². The first kappa shape index (κ1) is 29.8. The SMILES string of the molecule is CC[C@H](C(=O)NC(C)C)N(Cc1ccc(OC)cc1)C(=O)CN(c1ccc(OC)cc1OC)S(C)(=O)=O. The summed E-state index contributed by atoms with van der Waals surface area (Å²) in [6.07, 6.45) is 1.35. The first-order valence-corrected chi connectivity index (χ1v) is 13.7. The fourth-order valence-corrected chi connectivity index (χ4v) is 4.67. The zero-order chi connectivity index (χ0) is 27.8. The van der Waals surface area contributed by atoms with Gasteiger partial charge in [0, 0.05) is 18.7 Å². The largest absolute Gasteiger partial charge is 0.497 e. The molecule has 2 rings (SSSR count). The number of benzene rings is 2. The molecule has 37 heavy (non-hydrogen) atoms. The van der Waals surface area contributed by atoms with Gasteiger partial charge < -0.3 is 24.4 Å². The quantitative estimate of drug-likeness (QED) is 0.419. The van der Waals surface area contributed by atoms with Crippen LogP contribution in [0.3, 0.4) is 0 Å². The van der Waals surface area contributed by atoms with Gasteiger partial charge in [0.05, 0.1) is 33.3 Å². The van der Waals surface area contributed by atoms with Crippen LogP contribution in [0.15, 0.2) is 42.5 Å². The first-order chi connectivity index (χ1) is 17.4. The van der Waals surface area contributed by atoms with Crippen LogP contribution in [0, 0.1) is 0 Å². The van der Waals surface area contributed by atoms with Gasteiger partial charge in [-0.2, -0.15) is 0 Å². The van der Waals surface area contributed by atoms with Crippen LogP contribution in [-0.2, 0) is 26.2 Å². The molecule has 0 radical (unpaired) electrons. The lowest BCUT2D eigenvalue weighted by molar-refractivity contribution is -0.140. The summed E-state index contributed by atoms with van der Waals surface area (Å²) in [6.45, 7) is 5.05. The third kappa shape index (κ3) is 8.01. The van der Waals surface area contributed by atoms with Crippen LogP contribution in [0.2, 0.25) is 0 Å². The van der Waals surface area contributed by atoms with E-state index in [0.717, 1.165) is 16.1 Å². The van der Waals surface area contributed by atoms with E-state index < -0.39 is 28.5 Å². The minimum Gasteiger partial charge on any atom is -0.497 e. The number of hydrogen-bond acceptors (Lipinski definition) is 7. The molecule has 0 unspecified atom stereocenters. The highest BCUT2D eigenvalue weighted by Gasteiger charge is 2.32. The monoisotopic (exact) mass is 535 g/mol. The first-order valence-electron chi connectivity index (χ1n) is 11.9. The number of sulfonamides is 1. The van der Waals surface area contributed by atoms with Gasteiger partial charge in [0.25, 0.3) is 0 Å². The fraction of sp³-hybridized carbons (Fsp3) is 0.462. The van der Waals surface area contributed by atoms with E-state index in [1.165, 1.54) is 31.3 Å². The number of rotatable bonds is 13. The van der Waals surface area contributed by atoms with Crippen LogP contribution in [0.5, 0.6) is 17.2 Å². The molecule has 204 valence electrons. The zero-order valence-corrected chi connectivity index (χ0v) is 23.3. The highest BCUT2D eigenvalue weighted by atomic mass is 32.2. The molecule has 0 spiro atoms. The van der Waals surface area contributed by atoms with Crippen molar-refractivity contribution in [3.8, 4) is 17.2 Å². The molecule has 0 aliphatic heterocycles. The molecular formula is C26H37N3O7S. The van der Waals surface area contributed by atoms with Crippen molar-refractivity contribution in [1.82, 2.24) is 10.2 Å². The minimum atomic E-state index is -3.90.